The second-order valence-electron chi connectivity index (χ2n) is 4.00. The first-order valence-corrected chi connectivity index (χ1v) is 11.5. The molecule has 0 aliphatic carbocycles. The van der Waals surface area contributed by atoms with Crippen LogP contribution in [0.4, 0.5) is 0 Å². The number of halogens is 4. The van der Waals surface area contributed by atoms with E-state index in [-0.39, 0.29) is 49.9 Å². The highest BCUT2D eigenvalue weighted by atomic mass is 35.5. The minimum Gasteiger partial charge on any atom is -0.311 e. The number of rotatable bonds is 15. The Hall–Kier alpha value is 1.11. The van der Waals surface area contributed by atoms with E-state index >= 15 is 0 Å². The van der Waals surface area contributed by atoms with Crippen LogP contribution >= 0.6 is 62.6 Å². The molecule has 0 saturated heterocycles. The maximum Gasteiger partial charge on any atom is 0.377 e. The fourth-order valence-corrected chi connectivity index (χ4v) is 4.86. The van der Waals surface area contributed by atoms with Gasteiger partial charge in [0.2, 0.25) is 0 Å². The Kier molecular flexibility index (Phi) is 14.9. The van der Waals surface area contributed by atoms with Crippen LogP contribution in [-0.2, 0) is 27.2 Å². The summed E-state index contributed by atoms with van der Waals surface area (Å²) in [5.74, 6) is 0.462. The smallest absolute Gasteiger partial charge is 0.311 e. The van der Waals surface area contributed by atoms with Crippen molar-refractivity contribution in [1.82, 2.24) is 0 Å². The van der Waals surface area contributed by atoms with Crippen molar-refractivity contribution in [2.75, 3.05) is 49.9 Å². The molecule has 1 unspecified atom stereocenters. The molecule has 0 aromatic carbocycles. The molecule has 0 radical (unpaired) electrons. The summed E-state index contributed by atoms with van der Waals surface area (Å²) in [5, 5.41) is 7.50. The van der Waals surface area contributed by atoms with E-state index < -0.39 is 21.5 Å². The Morgan fingerprint density at radius 1 is 0.958 bits per heavy atom. The number of alkyl halides is 4. The molecule has 0 spiro atoms. The van der Waals surface area contributed by atoms with E-state index in [0.717, 1.165) is 0 Å². The summed E-state index contributed by atoms with van der Waals surface area (Å²) in [5.41, 5.74) is 0. The molecule has 0 aliphatic heterocycles. The predicted octanol–water partition coefficient (Wildman–Crippen LogP) is 4.68. The van der Waals surface area contributed by atoms with Crippen molar-refractivity contribution in [1.29, 1.82) is 5.26 Å². The zero-order valence-corrected chi connectivity index (χ0v) is 17.8. The third kappa shape index (κ3) is 8.66. The van der Waals surface area contributed by atoms with E-state index in [0.29, 0.717) is 0 Å². The summed E-state index contributed by atoms with van der Waals surface area (Å²) in [6.07, 6.45) is 0. The van der Waals surface area contributed by atoms with Crippen LogP contribution in [0.3, 0.4) is 0 Å². The summed E-state index contributed by atoms with van der Waals surface area (Å²) in [6.45, 7) is 1.24. The average Bonchev–Trinajstić information content (AvgIpc) is 2.60. The zero-order chi connectivity index (χ0) is 18.5. The van der Waals surface area contributed by atoms with Crippen LogP contribution in [0.15, 0.2) is 0 Å². The fraction of sp³-hybridized carbons (Fsp3) is 0.909. The van der Waals surface area contributed by atoms with Gasteiger partial charge in [-0.25, -0.2) is 0 Å². The largest absolute Gasteiger partial charge is 0.377 e. The van der Waals surface area contributed by atoms with Gasteiger partial charge in [-0.1, -0.05) is 0 Å². The van der Waals surface area contributed by atoms with Gasteiger partial charge in [0.05, 0.1) is 26.4 Å². The van der Waals surface area contributed by atoms with Crippen molar-refractivity contribution in [2.45, 2.75) is 12.3 Å². The highest BCUT2D eigenvalue weighted by Gasteiger charge is 2.52. The molecule has 7 nitrogen and oxygen atoms in total. The van der Waals surface area contributed by atoms with Crippen LogP contribution in [0.25, 0.3) is 0 Å². The highest BCUT2D eigenvalue weighted by Crippen LogP contribution is 2.64. The molecule has 0 saturated carbocycles. The van der Waals surface area contributed by atoms with E-state index in [4.69, 9.17) is 69.0 Å². The lowest BCUT2D eigenvalue weighted by Crippen LogP contribution is -2.29. The van der Waals surface area contributed by atoms with Crippen LogP contribution in [0, 0.1) is 11.3 Å². The molecular formula is C11H19Cl4NO6P2. The van der Waals surface area contributed by atoms with Crippen molar-refractivity contribution < 1.29 is 27.2 Å². The lowest BCUT2D eigenvalue weighted by atomic mass is 10.5. The predicted molar refractivity (Wildman–Crippen MR) is 96.3 cm³/mol. The van der Waals surface area contributed by atoms with E-state index in [1.807, 2.05) is 0 Å². The molecule has 24 heavy (non-hydrogen) atoms. The second-order valence-corrected chi connectivity index (χ2v) is 9.02. The summed E-state index contributed by atoms with van der Waals surface area (Å²) in [6, 6.07) is 1.79. The third-order valence-corrected chi connectivity index (χ3v) is 6.55. The van der Waals surface area contributed by atoms with Crippen molar-refractivity contribution >= 4 is 62.6 Å². The molecule has 13 heteroatoms. The number of hydrogen-bond donors (Lipinski definition) is 0. The van der Waals surface area contributed by atoms with Gasteiger partial charge in [0, 0.05) is 23.5 Å². The summed E-state index contributed by atoms with van der Waals surface area (Å²) in [7, 11) is -6.10. The first-order chi connectivity index (χ1) is 11.4. The maximum atomic E-state index is 13.0. The standard InChI is InChI=1S/C11H19Cl4NO6P2/c1-11(10-16,22-23(18-6-2-12)19-7-3-13)24(17,20-8-4-14)21-9-5-15/h2-9H2,1H3. The summed E-state index contributed by atoms with van der Waals surface area (Å²) in [4.78, 5) is 0. The van der Waals surface area contributed by atoms with Crippen LogP contribution in [-0.4, -0.2) is 55.3 Å². The Labute approximate surface area is 163 Å². The Balaban J connectivity index is 5.30. The molecule has 0 rings (SSSR count). The first-order valence-electron chi connectivity index (χ1n) is 6.72. The summed E-state index contributed by atoms with van der Waals surface area (Å²) < 4.78 is 39.5. The zero-order valence-electron chi connectivity index (χ0n) is 13.0. The van der Waals surface area contributed by atoms with Crippen molar-refractivity contribution in [3.8, 4) is 6.07 Å². The van der Waals surface area contributed by atoms with E-state index in [1.54, 1.807) is 6.07 Å². The van der Waals surface area contributed by atoms with Gasteiger partial charge in [0.1, 0.15) is 6.07 Å². The molecule has 0 N–H and O–H groups in total. The quantitative estimate of drug-likeness (QED) is 0.256. The van der Waals surface area contributed by atoms with Gasteiger partial charge in [-0.05, 0) is 6.92 Å². The summed E-state index contributed by atoms with van der Waals surface area (Å²) >= 11 is 22.2. The Bertz CT molecular complexity index is 410. The van der Waals surface area contributed by atoms with Crippen LogP contribution in [0.1, 0.15) is 6.92 Å². The average molecular weight is 465 g/mol. The minimum absolute atomic E-state index is 0.0516. The second kappa shape index (κ2) is 14.2. The normalized spacial score (nSPS) is 14.5. The highest BCUT2D eigenvalue weighted by molar-refractivity contribution is 7.56. The van der Waals surface area contributed by atoms with Crippen LogP contribution in [0.5, 0.6) is 0 Å². The molecular weight excluding hydrogens is 446 g/mol. The monoisotopic (exact) mass is 463 g/mol. The van der Waals surface area contributed by atoms with Gasteiger partial charge in [-0.2, -0.15) is 5.26 Å². The van der Waals surface area contributed by atoms with Gasteiger partial charge in [-0.3, -0.25) is 9.09 Å². The van der Waals surface area contributed by atoms with E-state index in [2.05, 4.69) is 0 Å². The SMILES string of the molecule is CC(C#N)(OP(OCCCl)OCCCl)P(=O)(OCCCl)OCCCl. The third-order valence-electron chi connectivity index (χ3n) is 2.21. The fourth-order valence-electron chi connectivity index (χ4n) is 1.18. The first kappa shape index (κ1) is 25.1. The lowest BCUT2D eigenvalue weighted by Gasteiger charge is -2.32. The number of hydrogen-bond acceptors (Lipinski definition) is 7. The van der Waals surface area contributed by atoms with Gasteiger partial charge < -0.3 is 18.1 Å². The molecule has 142 valence electrons. The Morgan fingerprint density at radius 2 is 1.38 bits per heavy atom. The van der Waals surface area contributed by atoms with Crippen molar-refractivity contribution in [2.24, 2.45) is 0 Å². The van der Waals surface area contributed by atoms with Crippen LogP contribution in [0.2, 0.25) is 0 Å². The molecule has 0 amide bonds. The topological polar surface area (TPSA) is 87.0 Å². The maximum absolute atomic E-state index is 13.0. The molecule has 1 atom stereocenters. The van der Waals surface area contributed by atoms with Gasteiger partial charge in [-0.15, -0.1) is 46.4 Å². The molecule has 0 bridgehead atoms. The van der Waals surface area contributed by atoms with Gasteiger partial charge >= 0.3 is 16.2 Å². The van der Waals surface area contributed by atoms with E-state index in [9.17, 15) is 9.83 Å². The number of nitrogens with zero attached hydrogens (tertiary/aromatic N) is 1. The van der Waals surface area contributed by atoms with E-state index in [1.165, 1.54) is 6.92 Å². The molecule has 0 aliphatic rings. The molecule has 0 aromatic rings. The molecule has 0 fully saturated rings. The van der Waals surface area contributed by atoms with Gasteiger partial charge in [0.15, 0.2) is 0 Å². The van der Waals surface area contributed by atoms with Crippen molar-refractivity contribution in [3.63, 3.8) is 0 Å². The van der Waals surface area contributed by atoms with Gasteiger partial charge in [0.25, 0.3) is 5.34 Å². The van der Waals surface area contributed by atoms with Crippen molar-refractivity contribution in [3.05, 3.63) is 0 Å². The molecule has 0 aromatic heterocycles. The van der Waals surface area contributed by atoms with Crippen LogP contribution < -0.4 is 0 Å². The Morgan fingerprint density at radius 3 is 1.71 bits per heavy atom. The minimum atomic E-state index is -4.05. The number of nitriles is 1. The lowest BCUT2D eigenvalue weighted by molar-refractivity contribution is 0.0994. The molecule has 0 heterocycles.